The minimum Gasteiger partial charge on any atom is -0.369 e. The molecule has 1 aromatic heterocycles. The molecule has 0 spiro atoms. The molecule has 1 aliphatic heterocycles. The fourth-order valence-electron chi connectivity index (χ4n) is 3.50. The molecule has 1 aliphatic carbocycles. The first-order valence-corrected chi connectivity index (χ1v) is 9.31. The van der Waals surface area contributed by atoms with Crippen LogP contribution in [-0.4, -0.2) is 50.3 Å². The summed E-state index contributed by atoms with van der Waals surface area (Å²) in [5.74, 6) is 1.00. The molecule has 9 heteroatoms. The van der Waals surface area contributed by atoms with Gasteiger partial charge in [-0.3, -0.25) is 15.0 Å². The molecule has 0 N–H and O–H groups in total. The van der Waals surface area contributed by atoms with Gasteiger partial charge in [-0.2, -0.15) is 5.10 Å². The van der Waals surface area contributed by atoms with Gasteiger partial charge in [-0.25, -0.2) is 4.68 Å². The molecule has 1 saturated heterocycles. The number of nitro groups is 1. The molecule has 2 aromatic rings. The van der Waals surface area contributed by atoms with Crippen molar-refractivity contribution >= 4 is 23.6 Å². The van der Waals surface area contributed by atoms with Crippen LogP contribution >= 0.6 is 12.2 Å². The number of benzene rings is 1. The van der Waals surface area contributed by atoms with Crippen LogP contribution in [0.5, 0.6) is 0 Å². The Morgan fingerprint density at radius 3 is 2.42 bits per heavy atom. The van der Waals surface area contributed by atoms with Crippen LogP contribution in [0.2, 0.25) is 0 Å². The molecule has 26 heavy (non-hydrogen) atoms. The summed E-state index contributed by atoms with van der Waals surface area (Å²) < 4.78 is 4.94. The number of hydrogen-bond donors (Lipinski definition) is 0. The van der Waals surface area contributed by atoms with E-state index in [9.17, 15) is 10.1 Å². The minimum absolute atomic E-state index is 0.128. The molecule has 4 rings (SSSR count). The highest BCUT2D eigenvalue weighted by atomic mass is 32.1. The van der Waals surface area contributed by atoms with Crippen molar-refractivity contribution in [1.29, 1.82) is 0 Å². The van der Waals surface area contributed by atoms with Crippen molar-refractivity contribution < 1.29 is 4.92 Å². The normalized spacial score (nSPS) is 18.3. The number of nitro benzene ring substituents is 1. The molecule has 2 heterocycles. The molecule has 0 amide bonds. The van der Waals surface area contributed by atoms with Crippen LogP contribution in [-0.2, 0) is 6.67 Å². The van der Waals surface area contributed by atoms with Crippen molar-refractivity contribution in [3.05, 3.63) is 45.0 Å². The average Bonchev–Trinajstić information content (AvgIpc) is 3.42. The van der Waals surface area contributed by atoms with Crippen molar-refractivity contribution in [2.75, 3.05) is 31.1 Å². The molecule has 0 unspecified atom stereocenters. The van der Waals surface area contributed by atoms with E-state index in [0.717, 1.165) is 42.5 Å². The highest BCUT2D eigenvalue weighted by molar-refractivity contribution is 7.71. The van der Waals surface area contributed by atoms with Crippen molar-refractivity contribution in [3.63, 3.8) is 0 Å². The van der Waals surface area contributed by atoms with E-state index < -0.39 is 0 Å². The number of aryl methyl sites for hydroxylation is 1. The zero-order valence-electron chi connectivity index (χ0n) is 14.7. The predicted octanol–water partition coefficient (Wildman–Crippen LogP) is 2.75. The van der Waals surface area contributed by atoms with Gasteiger partial charge < -0.3 is 9.47 Å². The first-order chi connectivity index (χ1) is 12.5. The van der Waals surface area contributed by atoms with Gasteiger partial charge in [0.15, 0.2) is 4.77 Å². The third-order valence-corrected chi connectivity index (χ3v) is 5.49. The number of hydrogen-bond acceptors (Lipinski definition) is 6. The average molecular weight is 374 g/mol. The Labute approximate surface area is 156 Å². The topological polar surface area (TPSA) is 72.4 Å². The molecular formula is C17H22N6O2S. The quantitative estimate of drug-likeness (QED) is 0.455. The van der Waals surface area contributed by atoms with Crippen LogP contribution in [0.25, 0.3) is 0 Å². The van der Waals surface area contributed by atoms with Gasteiger partial charge in [0.1, 0.15) is 5.82 Å². The van der Waals surface area contributed by atoms with Gasteiger partial charge in [0.2, 0.25) is 0 Å². The minimum atomic E-state index is -0.367. The highest BCUT2D eigenvalue weighted by Gasteiger charge is 2.27. The Morgan fingerprint density at radius 1 is 1.19 bits per heavy atom. The Morgan fingerprint density at radius 2 is 1.85 bits per heavy atom. The smallest absolute Gasteiger partial charge is 0.269 e. The molecule has 2 fully saturated rings. The van der Waals surface area contributed by atoms with E-state index in [1.54, 1.807) is 12.1 Å². The molecule has 2 aliphatic rings. The molecule has 8 nitrogen and oxygen atoms in total. The number of rotatable bonds is 5. The Kier molecular flexibility index (Phi) is 4.49. The fourth-order valence-corrected chi connectivity index (χ4v) is 3.88. The maximum absolute atomic E-state index is 10.8. The Hall–Kier alpha value is -2.26. The third kappa shape index (κ3) is 3.36. The van der Waals surface area contributed by atoms with Gasteiger partial charge in [-0.15, -0.1) is 0 Å². The lowest BCUT2D eigenvalue weighted by Gasteiger charge is -2.35. The van der Waals surface area contributed by atoms with Crippen molar-refractivity contribution in [3.8, 4) is 0 Å². The Balaban J connectivity index is 1.37. The summed E-state index contributed by atoms with van der Waals surface area (Å²) in [6, 6.07) is 7.33. The van der Waals surface area contributed by atoms with E-state index >= 15 is 0 Å². The van der Waals surface area contributed by atoms with Crippen LogP contribution in [0, 0.1) is 21.8 Å². The first kappa shape index (κ1) is 17.2. The largest absolute Gasteiger partial charge is 0.369 e. The van der Waals surface area contributed by atoms with Crippen molar-refractivity contribution in [1.82, 2.24) is 19.2 Å². The standard InChI is InChI=1S/C17H22N6O2S/c1-13-18-21(17(26)22(13)15-4-5-15)12-19-8-10-20(11-9-19)14-2-6-16(7-3-14)23(24)25/h2-3,6-7,15H,4-5,8-12H2,1H3. The zero-order valence-corrected chi connectivity index (χ0v) is 15.6. The summed E-state index contributed by atoms with van der Waals surface area (Å²) in [5.41, 5.74) is 1.16. The summed E-state index contributed by atoms with van der Waals surface area (Å²) in [5, 5.41) is 15.4. The number of non-ortho nitro benzene ring substituents is 1. The summed E-state index contributed by atoms with van der Waals surface area (Å²) in [6.45, 7) is 6.33. The van der Waals surface area contributed by atoms with Crippen molar-refractivity contribution in [2.24, 2.45) is 0 Å². The maximum atomic E-state index is 10.8. The van der Waals surface area contributed by atoms with Crippen LogP contribution in [0.3, 0.4) is 0 Å². The zero-order chi connectivity index (χ0) is 18.3. The van der Waals surface area contributed by atoms with Gasteiger partial charge in [0.05, 0.1) is 11.6 Å². The summed E-state index contributed by atoms with van der Waals surface area (Å²) >= 11 is 5.60. The number of piperazine rings is 1. The SMILES string of the molecule is Cc1nn(CN2CCN(c3ccc([N+](=O)[O-])cc3)CC2)c(=S)n1C1CC1. The van der Waals surface area contributed by atoms with E-state index in [1.165, 1.54) is 12.8 Å². The van der Waals surface area contributed by atoms with E-state index in [0.29, 0.717) is 12.7 Å². The number of nitrogens with zero attached hydrogens (tertiary/aromatic N) is 6. The molecule has 0 bridgehead atoms. The van der Waals surface area contributed by atoms with Crippen LogP contribution < -0.4 is 4.90 Å². The lowest BCUT2D eigenvalue weighted by Crippen LogP contribution is -2.47. The molecule has 0 atom stereocenters. The maximum Gasteiger partial charge on any atom is 0.269 e. The predicted molar refractivity (Wildman–Crippen MR) is 101 cm³/mol. The third-order valence-electron chi connectivity index (χ3n) is 5.08. The first-order valence-electron chi connectivity index (χ1n) is 8.90. The molecular weight excluding hydrogens is 352 g/mol. The fraction of sp³-hybridized carbons (Fsp3) is 0.529. The molecule has 138 valence electrons. The molecule has 0 radical (unpaired) electrons. The molecule has 1 aromatic carbocycles. The summed E-state index contributed by atoms with van der Waals surface area (Å²) in [7, 11) is 0. The second-order valence-corrected chi connectivity index (χ2v) is 7.32. The van der Waals surface area contributed by atoms with Crippen LogP contribution in [0.15, 0.2) is 24.3 Å². The van der Waals surface area contributed by atoms with Crippen LogP contribution in [0.4, 0.5) is 11.4 Å². The van der Waals surface area contributed by atoms with E-state index in [4.69, 9.17) is 12.2 Å². The molecule has 1 saturated carbocycles. The second kappa shape index (κ2) is 6.81. The van der Waals surface area contributed by atoms with E-state index in [-0.39, 0.29) is 10.6 Å². The second-order valence-electron chi connectivity index (χ2n) is 6.95. The Bertz CT molecular complexity index is 862. The van der Waals surface area contributed by atoms with Gasteiger partial charge >= 0.3 is 0 Å². The lowest BCUT2D eigenvalue weighted by atomic mass is 10.2. The summed E-state index contributed by atoms with van der Waals surface area (Å²) in [6.07, 6.45) is 2.41. The van der Waals surface area contributed by atoms with Gasteiger partial charge in [-0.05, 0) is 44.1 Å². The van der Waals surface area contributed by atoms with Gasteiger partial charge in [0, 0.05) is 50.0 Å². The summed E-state index contributed by atoms with van der Waals surface area (Å²) in [4.78, 5) is 15.0. The van der Waals surface area contributed by atoms with E-state index in [1.807, 2.05) is 23.7 Å². The number of aromatic nitrogens is 3. The van der Waals surface area contributed by atoms with Crippen molar-refractivity contribution in [2.45, 2.75) is 32.5 Å². The van der Waals surface area contributed by atoms with E-state index in [2.05, 4.69) is 19.5 Å². The highest BCUT2D eigenvalue weighted by Crippen LogP contribution is 2.36. The van der Waals surface area contributed by atoms with Gasteiger partial charge in [0.25, 0.3) is 5.69 Å². The van der Waals surface area contributed by atoms with Gasteiger partial charge in [-0.1, -0.05) is 0 Å². The lowest BCUT2D eigenvalue weighted by molar-refractivity contribution is -0.384. The van der Waals surface area contributed by atoms with Crippen LogP contribution in [0.1, 0.15) is 24.7 Å². The number of anilines is 1. The monoisotopic (exact) mass is 374 g/mol.